The van der Waals surface area contributed by atoms with Crippen LogP contribution in [0.1, 0.15) is 47.5 Å². The number of hydrogen-bond donors (Lipinski definition) is 0. The van der Waals surface area contributed by atoms with Crippen molar-refractivity contribution in [1.82, 2.24) is 0 Å². The number of hydrogen-bond acceptors (Lipinski definition) is 1. The van der Waals surface area contributed by atoms with Gasteiger partial charge in [-0.1, -0.05) is 37.1 Å². The molecular weight excluding hydrogens is 184 g/mol. The zero-order valence-corrected chi connectivity index (χ0v) is 10.8. The van der Waals surface area contributed by atoms with Gasteiger partial charge in [-0.3, -0.25) is 0 Å². The van der Waals surface area contributed by atoms with Gasteiger partial charge in [-0.05, 0) is 39.0 Å². The van der Waals surface area contributed by atoms with E-state index in [4.69, 9.17) is 4.74 Å². The first-order valence-corrected chi connectivity index (χ1v) is 5.81. The first kappa shape index (κ1) is 12.5. The van der Waals surface area contributed by atoms with Crippen molar-refractivity contribution in [2.45, 2.75) is 53.6 Å². The van der Waals surface area contributed by atoms with Crippen LogP contribution in [0.3, 0.4) is 0 Å². The molecule has 0 aliphatic heterocycles. The lowest BCUT2D eigenvalue weighted by Crippen LogP contribution is -2.26. The summed E-state index contributed by atoms with van der Waals surface area (Å²) in [7, 11) is 0. The number of ether oxygens (including phenoxy) is 1. The molecule has 0 fully saturated rings. The van der Waals surface area contributed by atoms with Crippen molar-refractivity contribution in [1.29, 1.82) is 0 Å². The summed E-state index contributed by atoms with van der Waals surface area (Å²) >= 11 is 0. The third-order valence-corrected chi connectivity index (χ3v) is 2.78. The quantitative estimate of drug-likeness (QED) is 0.634. The van der Waals surface area contributed by atoms with E-state index in [9.17, 15) is 0 Å². The van der Waals surface area contributed by atoms with E-state index in [0.29, 0.717) is 11.5 Å². The van der Waals surface area contributed by atoms with Gasteiger partial charge in [0.1, 0.15) is 0 Å². The summed E-state index contributed by atoms with van der Waals surface area (Å²) in [6, 6.07) is 0. The van der Waals surface area contributed by atoms with Gasteiger partial charge >= 0.3 is 0 Å². The fraction of sp³-hybridized carbons (Fsp3) is 0.714. The first-order valence-electron chi connectivity index (χ1n) is 5.81. The molecule has 1 unspecified atom stereocenters. The Morgan fingerprint density at radius 2 is 2.20 bits per heavy atom. The summed E-state index contributed by atoms with van der Waals surface area (Å²) in [5.41, 5.74) is 3.19. The van der Waals surface area contributed by atoms with Gasteiger partial charge in [-0.15, -0.1) is 0 Å². The molecule has 0 aromatic carbocycles. The zero-order valence-electron chi connectivity index (χ0n) is 10.8. The van der Waals surface area contributed by atoms with Crippen LogP contribution >= 0.6 is 0 Å². The smallest absolute Gasteiger partial charge is 0.0767 e. The van der Waals surface area contributed by atoms with Gasteiger partial charge in [0.15, 0.2) is 0 Å². The van der Waals surface area contributed by atoms with E-state index >= 15 is 0 Å². The molecule has 15 heavy (non-hydrogen) atoms. The van der Waals surface area contributed by atoms with Crippen molar-refractivity contribution < 1.29 is 4.74 Å². The summed E-state index contributed by atoms with van der Waals surface area (Å²) in [6.45, 7) is 11.8. The van der Waals surface area contributed by atoms with Gasteiger partial charge in [0.2, 0.25) is 0 Å². The van der Waals surface area contributed by atoms with E-state index in [1.807, 2.05) is 0 Å². The van der Waals surface area contributed by atoms with E-state index in [0.717, 1.165) is 13.0 Å². The monoisotopic (exact) mass is 208 g/mol. The first-order chi connectivity index (χ1) is 6.89. The van der Waals surface area contributed by atoms with Gasteiger partial charge in [0, 0.05) is 0 Å². The van der Waals surface area contributed by atoms with E-state index in [1.54, 1.807) is 0 Å². The maximum atomic E-state index is 5.85. The average Bonchev–Trinajstić information content (AvgIpc) is 1.98. The second kappa shape index (κ2) is 4.98. The maximum absolute atomic E-state index is 5.85. The van der Waals surface area contributed by atoms with Crippen LogP contribution in [0.5, 0.6) is 0 Å². The van der Waals surface area contributed by atoms with Crippen LogP contribution < -0.4 is 0 Å². The van der Waals surface area contributed by atoms with Crippen LogP contribution in [-0.2, 0) is 4.74 Å². The number of rotatable bonds is 3. The van der Waals surface area contributed by atoms with Crippen molar-refractivity contribution in [3.8, 4) is 0 Å². The molecule has 1 rings (SSSR count). The van der Waals surface area contributed by atoms with Crippen LogP contribution in [0.2, 0.25) is 0 Å². The lowest BCUT2D eigenvalue weighted by molar-refractivity contribution is 0.0632. The summed E-state index contributed by atoms with van der Waals surface area (Å²) < 4.78 is 5.85. The third kappa shape index (κ3) is 4.65. The van der Waals surface area contributed by atoms with Gasteiger partial charge in [0.25, 0.3) is 0 Å². The topological polar surface area (TPSA) is 9.23 Å². The summed E-state index contributed by atoms with van der Waals surface area (Å²) in [5.74, 6) is 0. The zero-order chi connectivity index (χ0) is 11.5. The van der Waals surface area contributed by atoms with Crippen molar-refractivity contribution in [2.24, 2.45) is 5.41 Å². The molecule has 0 amide bonds. The molecule has 1 aliphatic carbocycles. The third-order valence-electron chi connectivity index (χ3n) is 2.78. The van der Waals surface area contributed by atoms with Crippen LogP contribution in [0.15, 0.2) is 23.3 Å². The van der Waals surface area contributed by atoms with Crippen LogP contribution in [-0.4, -0.2) is 12.7 Å². The Hall–Kier alpha value is -0.560. The van der Waals surface area contributed by atoms with Crippen molar-refractivity contribution >= 4 is 0 Å². The molecule has 0 spiro atoms. The Bertz CT molecular complexity index is 267. The fourth-order valence-corrected chi connectivity index (χ4v) is 2.25. The van der Waals surface area contributed by atoms with Gasteiger partial charge < -0.3 is 4.74 Å². The van der Waals surface area contributed by atoms with Gasteiger partial charge in [0.05, 0.1) is 12.7 Å². The Morgan fingerprint density at radius 1 is 1.53 bits per heavy atom. The highest BCUT2D eigenvalue weighted by Gasteiger charge is 2.27. The molecule has 0 radical (unpaired) electrons. The molecule has 1 nitrogen and oxygen atoms in total. The second-order valence-electron chi connectivity index (χ2n) is 5.71. The molecule has 0 saturated carbocycles. The molecule has 0 N–H and O–H groups in total. The van der Waals surface area contributed by atoms with E-state index in [-0.39, 0.29) is 0 Å². The molecule has 1 atom stereocenters. The molecule has 0 saturated heterocycles. The molecule has 0 bridgehead atoms. The largest absolute Gasteiger partial charge is 0.370 e. The van der Waals surface area contributed by atoms with Gasteiger partial charge in [-0.25, -0.2) is 0 Å². The second-order valence-corrected chi connectivity index (χ2v) is 5.71. The molecule has 0 heterocycles. The highest BCUT2D eigenvalue weighted by molar-refractivity contribution is 5.10. The Labute approximate surface area is 94.2 Å². The maximum Gasteiger partial charge on any atom is 0.0767 e. The Morgan fingerprint density at radius 3 is 2.73 bits per heavy atom. The van der Waals surface area contributed by atoms with E-state index in [2.05, 4.69) is 46.8 Å². The predicted molar refractivity (Wildman–Crippen MR) is 65.9 cm³/mol. The normalized spacial score (nSPS) is 24.6. The van der Waals surface area contributed by atoms with Gasteiger partial charge in [-0.2, -0.15) is 0 Å². The SMILES string of the molecule is CC(C)=CCOC1C=C(C)CC(C)(C)C1. The van der Waals surface area contributed by atoms with E-state index < -0.39 is 0 Å². The van der Waals surface area contributed by atoms with Crippen molar-refractivity contribution in [3.63, 3.8) is 0 Å². The van der Waals surface area contributed by atoms with Crippen molar-refractivity contribution in [2.75, 3.05) is 6.61 Å². The Kier molecular flexibility index (Phi) is 4.15. The molecule has 0 aromatic heterocycles. The Balaban J connectivity index is 2.49. The standard InChI is InChI=1S/C14H24O/c1-11(2)6-7-15-13-8-12(3)9-14(4,5)10-13/h6,8,13H,7,9-10H2,1-5H3. The van der Waals surface area contributed by atoms with Crippen LogP contribution in [0.25, 0.3) is 0 Å². The highest BCUT2D eigenvalue weighted by atomic mass is 16.5. The van der Waals surface area contributed by atoms with Crippen LogP contribution in [0, 0.1) is 5.41 Å². The minimum absolute atomic E-state index is 0.310. The average molecular weight is 208 g/mol. The lowest BCUT2D eigenvalue weighted by atomic mass is 9.76. The minimum Gasteiger partial charge on any atom is -0.370 e. The lowest BCUT2D eigenvalue weighted by Gasteiger charge is -2.33. The minimum atomic E-state index is 0.310. The molecule has 86 valence electrons. The fourth-order valence-electron chi connectivity index (χ4n) is 2.25. The highest BCUT2D eigenvalue weighted by Crippen LogP contribution is 2.36. The van der Waals surface area contributed by atoms with E-state index in [1.165, 1.54) is 17.6 Å². The predicted octanol–water partition coefficient (Wildman–Crippen LogP) is 4.10. The van der Waals surface area contributed by atoms with Crippen LogP contribution in [0.4, 0.5) is 0 Å². The summed E-state index contributed by atoms with van der Waals surface area (Å²) in [6.07, 6.45) is 7.08. The van der Waals surface area contributed by atoms with Crippen molar-refractivity contribution in [3.05, 3.63) is 23.3 Å². The molecule has 0 aromatic rings. The summed E-state index contributed by atoms with van der Waals surface area (Å²) in [5, 5.41) is 0. The number of allylic oxidation sites excluding steroid dienone is 2. The summed E-state index contributed by atoms with van der Waals surface area (Å²) in [4.78, 5) is 0. The molecule has 1 heteroatoms. The molecule has 1 aliphatic rings. The molecular formula is C14H24O.